The van der Waals surface area contributed by atoms with Crippen molar-refractivity contribution in [2.24, 2.45) is 0 Å². The smallest absolute Gasteiger partial charge is 0.303 e. The lowest BCUT2D eigenvalue weighted by Crippen LogP contribution is -2.29. The van der Waals surface area contributed by atoms with Gasteiger partial charge >= 0.3 is 5.97 Å². The first kappa shape index (κ1) is 11.0. The molecule has 0 aromatic carbocycles. The van der Waals surface area contributed by atoms with Crippen LogP contribution in [0.5, 0.6) is 0 Å². The molecule has 0 aliphatic rings. The highest BCUT2D eigenvalue weighted by Crippen LogP contribution is 2.18. The van der Waals surface area contributed by atoms with Crippen LogP contribution in [0.25, 0.3) is 4.85 Å². The van der Waals surface area contributed by atoms with E-state index in [1.54, 1.807) is 0 Å². The number of carbonyl (C=O) groups is 1. The number of esters is 1. The summed E-state index contributed by atoms with van der Waals surface area (Å²) in [5.41, 5.74) is -0.518. The van der Waals surface area contributed by atoms with Gasteiger partial charge in [-0.05, 0) is 13.8 Å². The van der Waals surface area contributed by atoms with E-state index in [9.17, 15) is 4.79 Å². The van der Waals surface area contributed by atoms with Gasteiger partial charge in [0.2, 0.25) is 6.04 Å². The third kappa shape index (κ3) is 4.73. The molecule has 3 heteroatoms. The van der Waals surface area contributed by atoms with E-state index < -0.39 is 5.60 Å². The van der Waals surface area contributed by atoms with E-state index in [2.05, 4.69) is 4.85 Å². The fourth-order valence-corrected chi connectivity index (χ4v) is 1.19. The molecule has 0 aliphatic heterocycles. The van der Waals surface area contributed by atoms with Crippen LogP contribution in [0, 0.1) is 6.57 Å². The molecule has 0 aromatic heterocycles. The molecule has 0 fully saturated rings. The predicted octanol–water partition coefficient (Wildman–Crippen LogP) is 2.03. The summed E-state index contributed by atoms with van der Waals surface area (Å²) in [5.74, 6) is -0.294. The van der Waals surface area contributed by atoms with Gasteiger partial charge in [0.05, 0.1) is 6.42 Å². The maximum Gasteiger partial charge on any atom is 0.303 e. The number of ether oxygens (including phenoxy) is 1. The summed E-state index contributed by atoms with van der Waals surface area (Å²) in [7, 11) is 0. The summed E-state index contributed by atoms with van der Waals surface area (Å²) in [5, 5.41) is 0. The Labute approximate surface area is 73.5 Å². The third-order valence-corrected chi connectivity index (χ3v) is 1.43. The second-order valence-corrected chi connectivity index (χ2v) is 3.54. The maximum atomic E-state index is 10.6. The molecule has 0 bridgehead atoms. The largest absolute Gasteiger partial charge is 0.460 e. The van der Waals surface area contributed by atoms with Crippen LogP contribution in [-0.2, 0) is 9.53 Å². The van der Waals surface area contributed by atoms with Crippen LogP contribution >= 0.6 is 0 Å². The van der Waals surface area contributed by atoms with E-state index in [4.69, 9.17) is 11.3 Å². The van der Waals surface area contributed by atoms with Crippen molar-refractivity contribution in [3.05, 3.63) is 11.4 Å². The van der Waals surface area contributed by atoms with Crippen LogP contribution in [0.15, 0.2) is 0 Å². The Bertz CT molecular complexity index is 203. The van der Waals surface area contributed by atoms with Crippen molar-refractivity contribution in [3.8, 4) is 0 Å². The minimum absolute atomic E-state index is 0.0978. The quantitative estimate of drug-likeness (QED) is 0.478. The highest BCUT2D eigenvalue weighted by molar-refractivity contribution is 5.66. The molecule has 1 unspecified atom stereocenters. The minimum Gasteiger partial charge on any atom is -0.460 e. The van der Waals surface area contributed by atoms with E-state index in [1.165, 1.54) is 6.92 Å². The van der Waals surface area contributed by atoms with Gasteiger partial charge in [0.1, 0.15) is 5.60 Å². The first-order valence-electron chi connectivity index (χ1n) is 3.93. The first-order valence-corrected chi connectivity index (χ1v) is 3.93. The molecule has 1 atom stereocenters. The van der Waals surface area contributed by atoms with Crippen molar-refractivity contribution < 1.29 is 9.53 Å². The standard InChI is InChI=1S/C9H15NO2/c1-7(10-5)6-9(3,4)12-8(2)11/h7H,6H2,1-4H3. The molecular formula is C9H15NO2. The summed E-state index contributed by atoms with van der Waals surface area (Å²) >= 11 is 0. The zero-order valence-corrected chi connectivity index (χ0v) is 8.05. The van der Waals surface area contributed by atoms with E-state index in [0.717, 1.165) is 0 Å². The SMILES string of the molecule is [C-]#[N+]C(C)CC(C)(C)OC(C)=O. The van der Waals surface area contributed by atoms with E-state index in [1.807, 2.05) is 20.8 Å². The van der Waals surface area contributed by atoms with Gasteiger partial charge in [0.25, 0.3) is 0 Å². The summed E-state index contributed by atoms with van der Waals surface area (Å²) in [6.07, 6.45) is 0.579. The number of hydrogen-bond donors (Lipinski definition) is 0. The fraction of sp³-hybridized carbons (Fsp3) is 0.778. The van der Waals surface area contributed by atoms with Crippen molar-refractivity contribution in [2.75, 3.05) is 0 Å². The van der Waals surface area contributed by atoms with Crippen molar-refractivity contribution in [1.82, 2.24) is 0 Å². The maximum absolute atomic E-state index is 10.6. The summed E-state index contributed by atoms with van der Waals surface area (Å²) in [6.45, 7) is 13.6. The van der Waals surface area contributed by atoms with E-state index >= 15 is 0 Å². The van der Waals surface area contributed by atoms with Crippen molar-refractivity contribution >= 4 is 5.97 Å². The van der Waals surface area contributed by atoms with Gasteiger partial charge in [-0.25, -0.2) is 6.57 Å². The molecule has 0 aliphatic carbocycles. The predicted molar refractivity (Wildman–Crippen MR) is 46.5 cm³/mol. The second-order valence-electron chi connectivity index (χ2n) is 3.54. The monoisotopic (exact) mass is 169 g/mol. The van der Waals surface area contributed by atoms with Crippen molar-refractivity contribution in [2.45, 2.75) is 45.8 Å². The molecule has 68 valence electrons. The molecule has 3 nitrogen and oxygen atoms in total. The molecule has 0 saturated heterocycles. The zero-order valence-electron chi connectivity index (χ0n) is 8.05. The van der Waals surface area contributed by atoms with Crippen molar-refractivity contribution in [1.29, 1.82) is 0 Å². The number of rotatable bonds is 3. The van der Waals surface area contributed by atoms with E-state index in [-0.39, 0.29) is 12.0 Å². The van der Waals surface area contributed by atoms with Gasteiger partial charge in [-0.3, -0.25) is 4.79 Å². The molecule has 0 aromatic rings. The van der Waals surface area contributed by atoms with E-state index in [0.29, 0.717) is 6.42 Å². The summed E-state index contributed by atoms with van der Waals surface area (Å²) in [6, 6.07) is -0.0978. The highest BCUT2D eigenvalue weighted by Gasteiger charge is 2.26. The molecule has 12 heavy (non-hydrogen) atoms. The van der Waals surface area contributed by atoms with Crippen LogP contribution < -0.4 is 0 Å². The number of nitrogens with zero attached hydrogens (tertiary/aromatic N) is 1. The summed E-state index contributed by atoms with van der Waals surface area (Å²) < 4.78 is 5.03. The van der Waals surface area contributed by atoms with Gasteiger partial charge < -0.3 is 9.58 Å². The molecule has 0 heterocycles. The molecular weight excluding hydrogens is 154 g/mol. The van der Waals surface area contributed by atoms with Crippen LogP contribution in [0.1, 0.15) is 34.1 Å². The first-order chi connectivity index (χ1) is 5.37. The highest BCUT2D eigenvalue weighted by atomic mass is 16.6. The van der Waals surface area contributed by atoms with Gasteiger partial charge in [0, 0.05) is 13.8 Å². The van der Waals surface area contributed by atoms with Crippen LogP contribution in [0.4, 0.5) is 0 Å². The normalized spacial score (nSPS) is 13.2. The Kier molecular flexibility index (Phi) is 3.75. The van der Waals surface area contributed by atoms with Crippen LogP contribution in [-0.4, -0.2) is 17.6 Å². The molecule has 0 radical (unpaired) electrons. The second kappa shape index (κ2) is 4.10. The molecule has 0 spiro atoms. The van der Waals surface area contributed by atoms with Gasteiger partial charge in [-0.15, -0.1) is 0 Å². The lowest BCUT2D eigenvalue weighted by Gasteiger charge is -2.23. The third-order valence-electron chi connectivity index (χ3n) is 1.43. The Morgan fingerprint density at radius 3 is 2.50 bits per heavy atom. The van der Waals surface area contributed by atoms with Crippen LogP contribution in [0.2, 0.25) is 0 Å². The van der Waals surface area contributed by atoms with Gasteiger partial charge in [0.15, 0.2) is 0 Å². The van der Waals surface area contributed by atoms with Gasteiger partial charge in [-0.1, -0.05) is 0 Å². The molecule has 0 N–H and O–H groups in total. The Hall–Kier alpha value is -1.04. The fourth-order valence-electron chi connectivity index (χ4n) is 1.19. The topological polar surface area (TPSA) is 30.7 Å². The lowest BCUT2D eigenvalue weighted by atomic mass is 10.0. The van der Waals surface area contributed by atoms with Crippen LogP contribution in [0.3, 0.4) is 0 Å². The average molecular weight is 169 g/mol. The Balaban J connectivity index is 4.05. The van der Waals surface area contributed by atoms with Gasteiger partial charge in [-0.2, -0.15) is 0 Å². The minimum atomic E-state index is -0.518. The lowest BCUT2D eigenvalue weighted by molar-refractivity contribution is -0.154. The molecule has 0 amide bonds. The Morgan fingerprint density at radius 2 is 2.17 bits per heavy atom. The Morgan fingerprint density at radius 1 is 1.67 bits per heavy atom. The average Bonchev–Trinajstić information content (AvgIpc) is 1.83. The molecule has 0 saturated carbocycles. The zero-order chi connectivity index (χ0) is 9.78. The number of hydrogen-bond acceptors (Lipinski definition) is 2. The number of carbonyl (C=O) groups excluding carboxylic acids is 1. The van der Waals surface area contributed by atoms with Crippen molar-refractivity contribution in [3.63, 3.8) is 0 Å². The molecule has 0 rings (SSSR count). The summed E-state index contributed by atoms with van der Waals surface area (Å²) in [4.78, 5) is 14.0.